The van der Waals surface area contributed by atoms with Crippen LogP contribution in [0, 0.1) is 0 Å². The molecule has 0 saturated heterocycles. The molecule has 2 aliphatic rings. The van der Waals surface area contributed by atoms with Crippen LogP contribution in [0.3, 0.4) is 0 Å². The second kappa shape index (κ2) is 9.79. The van der Waals surface area contributed by atoms with Gasteiger partial charge in [0, 0.05) is 12.1 Å². The summed E-state index contributed by atoms with van der Waals surface area (Å²) >= 11 is 6.11. The van der Waals surface area contributed by atoms with Crippen LogP contribution in [0.1, 0.15) is 31.2 Å². The minimum absolute atomic E-state index is 0.349. The SMILES string of the molecule is COc1cc(NC(=O)COC(=O)C2(c3ccc4c(c3)OCCO4)CCCC2)c(OC)cc1Cl. The molecule has 2 aromatic rings. The average Bonchev–Trinajstić information content (AvgIpc) is 3.34. The Hall–Kier alpha value is -3.13. The summed E-state index contributed by atoms with van der Waals surface area (Å²) in [4.78, 5) is 25.8. The van der Waals surface area contributed by atoms with Crippen LogP contribution in [0.5, 0.6) is 23.0 Å². The molecule has 0 atom stereocenters. The molecule has 1 aliphatic heterocycles. The molecule has 0 unspecified atom stereocenters. The minimum atomic E-state index is -0.808. The monoisotopic (exact) mass is 475 g/mol. The summed E-state index contributed by atoms with van der Waals surface area (Å²) < 4.78 is 27.2. The summed E-state index contributed by atoms with van der Waals surface area (Å²) in [7, 11) is 2.94. The third-order valence-corrected chi connectivity index (χ3v) is 6.32. The maximum Gasteiger partial charge on any atom is 0.317 e. The summed E-state index contributed by atoms with van der Waals surface area (Å²) in [6.45, 7) is 0.533. The fourth-order valence-corrected chi connectivity index (χ4v) is 4.57. The van der Waals surface area contributed by atoms with E-state index in [1.54, 1.807) is 6.07 Å². The van der Waals surface area contributed by atoms with E-state index >= 15 is 0 Å². The first-order valence-corrected chi connectivity index (χ1v) is 11.1. The van der Waals surface area contributed by atoms with Crippen molar-refractivity contribution >= 4 is 29.2 Å². The maximum absolute atomic E-state index is 13.2. The number of ether oxygens (including phenoxy) is 5. The number of esters is 1. The van der Waals surface area contributed by atoms with Crippen molar-refractivity contribution in [3.05, 3.63) is 40.9 Å². The van der Waals surface area contributed by atoms with Crippen LogP contribution in [-0.4, -0.2) is 45.9 Å². The van der Waals surface area contributed by atoms with Crippen LogP contribution in [0.15, 0.2) is 30.3 Å². The van der Waals surface area contributed by atoms with Gasteiger partial charge in [-0.25, -0.2) is 0 Å². The van der Waals surface area contributed by atoms with Gasteiger partial charge in [0.1, 0.15) is 24.7 Å². The molecule has 9 heteroatoms. The van der Waals surface area contributed by atoms with Gasteiger partial charge in [-0.2, -0.15) is 0 Å². The largest absolute Gasteiger partial charge is 0.495 e. The Labute approximate surface area is 197 Å². The number of rotatable bonds is 7. The summed E-state index contributed by atoms with van der Waals surface area (Å²) in [6, 6.07) is 8.65. The van der Waals surface area contributed by atoms with Crippen molar-refractivity contribution in [2.24, 2.45) is 0 Å². The molecule has 1 heterocycles. The Bertz CT molecular complexity index is 1050. The van der Waals surface area contributed by atoms with Crippen LogP contribution in [-0.2, 0) is 19.7 Å². The Morgan fingerprint density at radius 1 is 1.00 bits per heavy atom. The van der Waals surface area contributed by atoms with Gasteiger partial charge in [-0.15, -0.1) is 0 Å². The average molecular weight is 476 g/mol. The molecule has 4 rings (SSSR count). The number of amides is 1. The van der Waals surface area contributed by atoms with Gasteiger partial charge in [-0.05, 0) is 30.5 Å². The quantitative estimate of drug-likeness (QED) is 0.602. The normalized spacial score (nSPS) is 16.1. The number of methoxy groups -OCH3 is 2. The number of benzene rings is 2. The van der Waals surface area contributed by atoms with Gasteiger partial charge < -0.3 is 29.0 Å². The molecule has 1 fully saturated rings. The molecule has 2 aromatic carbocycles. The van der Waals surface area contributed by atoms with Gasteiger partial charge in [0.25, 0.3) is 5.91 Å². The van der Waals surface area contributed by atoms with Crippen LogP contribution in [0.25, 0.3) is 0 Å². The lowest BCUT2D eigenvalue weighted by molar-refractivity contribution is -0.153. The Balaban J connectivity index is 1.46. The van der Waals surface area contributed by atoms with E-state index in [9.17, 15) is 9.59 Å². The smallest absolute Gasteiger partial charge is 0.317 e. The number of anilines is 1. The molecule has 0 spiro atoms. The van der Waals surface area contributed by atoms with E-state index in [0.717, 1.165) is 18.4 Å². The van der Waals surface area contributed by atoms with Gasteiger partial charge >= 0.3 is 5.97 Å². The molecule has 0 aromatic heterocycles. The van der Waals surface area contributed by atoms with Crippen molar-refractivity contribution in [2.45, 2.75) is 31.1 Å². The number of hydrogen-bond donors (Lipinski definition) is 1. The molecule has 0 bridgehead atoms. The van der Waals surface area contributed by atoms with Crippen molar-refractivity contribution in [1.82, 2.24) is 0 Å². The summed E-state index contributed by atoms with van der Waals surface area (Å²) in [5.41, 5.74) is 0.373. The predicted molar refractivity (Wildman–Crippen MR) is 122 cm³/mol. The first-order chi connectivity index (χ1) is 16.0. The summed E-state index contributed by atoms with van der Waals surface area (Å²) in [6.07, 6.45) is 3.10. The van der Waals surface area contributed by atoms with Crippen LogP contribution >= 0.6 is 11.6 Å². The van der Waals surface area contributed by atoms with Gasteiger partial charge in [0.15, 0.2) is 18.1 Å². The lowest BCUT2D eigenvalue weighted by atomic mass is 9.78. The molecule has 33 heavy (non-hydrogen) atoms. The van der Waals surface area contributed by atoms with E-state index in [4.69, 9.17) is 35.3 Å². The second-order valence-corrected chi connectivity index (χ2v) is 8.37. The van der Waals surface area contributed by atoms with Crippen molar-refractivity contribution in [3.63, 3.8) is 0 Å². The Kier molecular flexibility index (Phi) is 6.83. The fourth-order valence-electron chi connectivity index (χ4n) is 4.34. The highest BCUT2D eigenvalue weighted by Gasteiger charge is 2.45. The van der Waals surface area contributed by atoms with Crippen LogP contribution in [0.2, 0.25) is 5.02 Å². The number of fused-ring (bicyclic) bond motifs is 1. The highest BCUT2D eigenvalue weighted by atomic mass is 35.5. The van der Waals surface area contributed by atoms with E-state index in [0.29, 0.717) is 59.8 Å². The number of halogens is 1. The highest BCUT2D eigenvalue weighted by molar-refractivity contribution is 6.32. The Morgan fingerprint density at radius 3 is 2.39 bits per heavy atom. The maximum atomic E-state index is 13.2. The first-order valence-electron chi connectivity index (χ1n) is 10.8. The number of carbonyl (C=O) groups is 2. The molecule has 8 nitrogen and oxygen atoms in total. The van der Waals surface area contributed by atoms with Gasteiger partial charge in [0.2, 0.25) is 0 Å². The third kappa shape index (κ3) is 4.66. The number of nitrogens with one attached hydrogen (secondary N) is 1. The molecule has 0 radical (unpaired) electrons. The zero-order valence-corrected chi connectivity index (χ0v) is 19.3. The zero-order chi connectivity index (χ0) is 23.4. The van der Waals surface area contributed by atoms with Crippen molar-refractivity contribution in [1.29, 1.82) is 0 Å². The second-order valence-electron chi connectivity index (χ2n) is 7.96. The lowest BCUT2D eigenvalue weighted by Gasteiger charge is -2.28. The number of carbonyl (C=O) groups excluding carboxylic acids is 2. The lowest BCUT2D eigenvalue weighted by Crippen LogP contribution is -2.36. The summed E-state index contributed by atoms with van der Waals surface area (Å²) in [5.74, 6) is 1.11. The molecular formula is C24H26ClNO7. The van der Waals surface area contributed by atoms with E-state index in [-0.39, 0.29) is 0 Å². The molecule has 176 valence electrons. The third-order valence-electron chi connectivity index (χ3n) is 6.02. The standard InChI is InChI=1S/C24H26ClNO7/c1-29-19-13-17(20(30-2)12-16(19)25)26-22(27)14-33-23(28)24(7-3-4-8-24)15-5-6-18-21(11-15)32-10-9-31-18/h5-6,11-13H,3-4,7-10,14H2,1-2H3,(H,26,27). The van der Waals surface area contributed by atoms with Gasteiger partial charge in [-0.1, -0.05) is 30.5 Å². The van der Waals surface area contributed by atoms with E-state index in [1.807, 2.05) is 18.2 Å². The Morgan fingerprint density at radius 2 is 1.70 bits per heavy atom. The topological polar surface area (TPSA) is 92.3 Å². The van der Waals surface area contributed by atoms with Crippen molar-refractivity contribution in [3.8, 4) is 23.0 Å². The van der Waals surface area contributed by atoms with E-state index in [2.05, 4.69) is 5.32 Å². The van der Waals surface area contributed by atoms with Gasteiger partial charge in [0.05, 0.1) is 30.3 Å². The molecular weight excluding hydrogens is 450 g/mol. The highest BCUT2D eigenvalue weighted by Crippen LogP contribution is 2.45. The van der Waals surface area contributed by atoms with Gasteiger partial charge in [-0.3, -0.25) is 9.59 Å². The van der Waals surface area contributed by atoms with E-state index < -0.39 is 23.9 Å². The molecule has 1 N–H and O–H groups in total. The zero-order valence-electron chi connectivity index (χ0n) is 18.6. The fraction of sp³-hybridized carbons (Fsp3) is 0.417. The van der Waals surface area contributed by atoms with E-state index in [1.165, 1.54) is 20.3 Å². The van der Waals surface area contributed by atoms with Crippen LogP contribution in [0.4, 0.5) is 5.69 Å². The first kappa shape index (κ1) is 23.0. The van der Waals surface area contributed by atoms with Crippen molar-refractivity contribution < 1.29 is 33.3 Å². The number of hydrogen-bond acceptors (Lipinski definition) is 7. The van der Waals surface area contributed by atoms with Crippen LogP contribution < -0.4 is 24.3 Å². The molecule has 1 saturated carbocycles. The molecule has 1 aliphatic carbocycles. The minimum Gasteiger partial charge on any atom is -0.495 e. The summed E-state index contributed by atoms with van der Waals surface area (Å²) in [5, 5.41) is 3.03. The molecule has 1 amide bonds. The predicted octanol–water partition coefficient (Wildman–Crippen LogP) is 4.12. The van der Waals surface area contributed by atoms with Crippen molar-refractivity contribution in [2.75, 3.05) is 39.4 Å².